The van der Waals surface area contributed by atoms with Crippen molar-refractivity contribution in [2.24, 2.45) is 0 Å². The van der Waals surface area contributed by atoms with Gasteiger partial charge in [0.1, 0.15) is 0 Å². The Morgan fingerprint density at radius 2 is 1.83 bits per heavy atom. The molecule has 3 nitrogen and oxygen atoms in total. The van der Waals surface area contributed by atoms with Crippen LogP contribution in [0.15, 0.2) is 72.9 Å². The number of aromatic nitrogens is 1. The third-order valence-corrected chi connectivity index (χ3v) is 5.36. The minimum absolute atomic E-state index is 0.0476. The molecule has 0 aliphatic carbocycles. The number of hydrogen-bond donors (Lipinski definition) is 2. The van der Waals surface area contributed by atoms with Crippen molar-refractivity contribution in [3.05, 3.63) is 106 Å². The van der Waals surface area contributed by atoms with Crippen LogP contribution >= 0.6 is 11.6 Å². The lowest BCUT2D eigenvalue weighted by atomic mass is 10.0. The second-order valence-electron chi connectivity index (χ2n) is 7.37. The first-order valence-corrected chi connectivity index (χ1v) is 10.1. The summed E-state index contributed by atoms with van der Waals surface area (Å²) in [7, 11) is 0. The number of carbonyl (C=O) groups excluding carboxylic acids is 1. The fraction of sp³-hybridized carbons (Fsp3) is 0.160. The van der Waals surface area contributed by atoms with E-state index in [9.17, 15) is 4.79 Å². The van der Waals surface area contributed by atoms with Gasteiger partial charge in [-0.2, -0.15) is 0 Å². The number of nitrogens with one attached hydrogen (secondary N) is 2. The number of rotatable bonds is 6. The zero-order valence-electron chi connectivity index (χ0n) is 16.3. The lowest BCUT2D eigenvalue weighted by Crippen LogP contribution is -2.25. The van der Waals surface area contributed by atoms with E-state index in [1.165, 1.54) is 11.1 Å². The predicted molar refractivity (Wildman–Crippen MR) is 120 cm³/mol. The Bertz CT molecular complexity index is 1150. The van der Waals surface area contributed by atoms with Gasteiger partial charge in [0.05, 0.1) is 0 Å². The van der Waals surface area contributed by atoms with Gasteiger partial charge in [0.25, 0.3) is 5.91 Å². The number of amides is 1. The molecule has 0 fully saturated rings. The Kier molecular flexibility index (Phi) is 5.68. The molecule has 2 N–H and O–H groups in total. The standard InChI is InChI=1S/C25H23ClN2O/c1-17-5-7-18(8-6-17)13-19-3-2-4-20(14-19)25(29)27-12-11-21-16-28-24-10-9-22(26)15-23(21)24/h2-10,14-16,28H,11-13H2,1H3,(H,27,29). The van der Waals surface area contributed by atoms with Crippen LogP contribution in [-0.4, -0.2) is 17.4 Å². The smallest absolute Gasteiger partial charge is 0.251 e. The van der Waals surface area contributed by atoms with Crippen LogP contribution in [0.5, 0.6) is 0 Å². The summed E-state index contributed by atoms with van der Waals surface area (Å²) in [6, 6.07) is 22.1. The van der Waals surface area contributed by atoms with Crippen LogP contribution in [0.25, 0.3) is 10.9 Å². The molecule has 0 unspecified atom stereocenters. The maximum Gasteiger partial charge on any atom is 0.251 e. The number of aryl methyl sites for hydroxylation is 1. The van der Waals surface area contributed by atoms with Crippen LogP contribution in [-0.2, 0) is 12.8 Å². The molecule has 4 aromatic rings. The molecule has 0 saturated heterocycles. The Morgan fingerprint density at radius 1 is 1.00 bits per heavy atom. The molecule has 0 saturated carbocycles. The van der Waals surface area contributed by atoms with E-state index in [0.29, 0.717) is 17.1 Å². The van der Waals surface area contributed by atoms with Gasteiger partial charge in [-0.15, -0.1) is 0 Å². The van der Waals surface area contributed by atoms with E-state index in [4.69, 9.17) is 11.6 Å². The number of halogens is 1. The number of fused-ring (bicyclic) bond motifs is 1. The topological polar surface area (TPSA) is 44.9 Å². The molecule has 0 bridgehead atoms. The van der Waals surface area contributed by atoms with Crippen molar-refractivity contribution in [2.45, 2.75) is 19.8 Å². The average molecular weight is 403 g/mol. The van der Waals surface area contributed by atoms with Gasteiger partial charge < -0.3 is 10.3 Å². The zero-order chi connectivity index (χ0) is 20.2. The Labute approximate surface area is 175 Å². The summed E-state index contributed by atoms with van der Waals surface area (Å²) in [4.78, 5) is 15.8. The molecular weight excluding hydrogens is 380 g/mol. The fourth-order valence-electron chi connectivity index (χ4n) is 3.53. The molecule has 4 heteroatoms. The fourth-order valence-corrected chi connectivity index (χ4v) is 3.71. The SMILES string of the molecule is Cc1ccc(Cc2cccc(C(=O)NCCc3c[nH]c4ccc(Cl)cc34)c2)cc1. The van der Waals surface area contributed by atoms with Gasteiger partial charge in [-0.3, -0.25) is 4.79 Å². The van der Waals surface area contributed by atoms with Crippen molar-refractivity contribution >= 4 is 28.4 Å². The number of benzene rings is 3. The lowest BCUT2D eigenvalue weighted by molar-refractivity contribution is 0.0954. The molecule has 0 radical (unpaired) electrons. The van der Waals surface area contributed by atoms with Gasteiger partial charge in [-0.05, 0) is 66.8 Å². The van der Waals surface area contributed by atoms with Crippen LogP contribution in [0.2, 0.25) is 5.02 Å². The zero-order valence-corrected chi connectivity index (χ0v) is 17.1. The second kappa shape index (κ2) is 8.54. The lowest BCUT2D eigenvalue weighted by Gasteiger charge is -2.08. The van der Waals surface area contributed by atoms with Crippen molar-refractivity contribution in [1.82, 2.24) is 10.3 Å². The molecule has 0 atom stereocenters. The third-order valence-electron chi connectivity index (χ3n) is 5.13. The summed E-state index contributed by atoms with van der Waals surface area (Å²) in [5.41, 5.74) is 6.52. The van der Waals surface area contributed by atoms with Crippen molar-refractivity contribution in [2.75, 3.05) is 6.54 Å². The largest absolute Gasteiger partial charge is 0.361 e. The highest BCUT2D eigenvalue weighted by atomic mass is 35.5. The maximum absolute atomic E-state index is 12.6. The molecule has 1 heterocycles. The summed E-state index contributed by atoms with van der Waals surface area (Å²) in [5.74, 6) is -0.0476. The van der Waals surface area contributed by atoms with E-state index in [2.05, 4.69) is 47.6 Å². The minimum Gasteiger partial charge on any atom is -0.361 e. The second-order valence-corrected chi connectivity index (χ2v) is 7.81. The van der Waals surface area contributed by atoms with E-state index in [-0.39, 0.29) is 5.91 Å². The molecule has 0 spiro atoms. The van der Waals surface area contributed by atoms with E-state index in [1.807, 2.05) is 42.6 Å². The van der Waals surface area contributed by atoms with Gasteiger partial charge in [-0.1, -0.05) is 53.6 Å². The van der Waals surface area contributed by atoms with E-state index in [0.717, 1.165) is 34.9 Å². The van der Waals surface area contributed by atoms with Gasteiger partial charge in [-0.25, -0.2) is 0 Å². The molecule has 29 heavy (non-hydrogen) atoms. The molecule has 1 aromatic heterocycles. The van der Waals surface area contributed by atoms with Gasteiger partial charge in [0.2, 0.25) is 0 Å². The van der Waals surface area contributed by atoms with E-state index in [1.54, 1.807) is 0 Å². The molecule has 3 aromatic carbocycles. The van der Waals surface area contributed by atoms with E-state index >= 15 is 0 Å². The van der Waals surface area contributed by atoms with Crippen LogP contribution < -0.4 is 5.32 Å². The summed E-state index contributed by atoms with van der Waals surface area (Å²) >= 11 is 6.11. The van der Waals surface area contributed by atoms with Crippen molar-refractivity contribution in [1.29, 1.82) is 0 Å². The van der Waals surface area contributed by atoms with Gasteiger partial charge in [0.15, 0.2) is 0 Å². The summed E-state index contributed by atoms with van der Waals surface area (Å²) in [5, 5.41) is 4.85. The third kappa shape index (κ3) is 4.69. The normalized spacial score (nSPS) is 11.0. The Hall–Kier alpha value is -3.04. The van der Waals surface area contributed by atoms with Crippen molar-refractivity contribution in [3.8, 4) is 0 Å². The highest BCUT2D eigenvalue weighted by molar-refractivity contribution is 6.31. The maximum atomic E-state index is 12.6. The number of carbonyl (C=O) groups is 1. The predicted octanol–water partition coefficient (Wildman–Crippen LogP) is 5.69. The molecule has 0 aliphatic rings. The molecule has 146 valence electrons. The molecular formula is C25H23ClN2O. The summed E-state index contributed by atoms with van der Waals surface area (Å²) in [6.45, 7) is 2.65. The Morgan fingerprint density at radius 3 is 2.66 bits per heavy atom. The number of aromatic amines is 1. The highest BCUT2D eigenvalue weighted by Gasteiger charge is 2.08. The summed E-state index contributed by atoms with van der Waals surface area (Å²) in [6.07, 6.45) is 3.54. The van der Waals surface area contributed by atoms with Crippen LogP contribution in [0, 0.1) is 6.92 Å². The summed E-state index contributed by atoms with van der Waals surface area (Å²) < 4.78 is 0. The molecule has 0 aliphatic heterocycles. The van der Waals surface area contributed by atoms with Crippen LogP contribution in [0.1, 0.15) is 32.6 Å². The van der Waals surface area contributed by atoms with Crippen LogP contribution in [0.3, 0.4) is 0 Å². The first kappa shape index (κ1) is 19.3. The van der Waals surface area contributed by atoms with Crippen molar-refractivity contribution in [3.63, 3.8) is 0 Å². The number of H-pyrrole nitrogens is 1. The monoisotopic (exact) mass is 402 g/mol. The van der Waals surface area contributed by atoms with Gasteiger partial charge in [0, 0.05) is 34.2 Å². The van der Waals surface area contributed by atoms with Gasteiger partial charge >= 0.3 is 0 Å². The highest BCUT2D eigenvalue weighted by Crippen LogP contribution is 2.22. The van der Waals surface area contributed by atoms with Crippen molar-refractivity contribution < 1.29 is 4.79 Å². The molecule has 4 rings (SSSR count). The minimum atomic E-state index is -0.0476. The Balaban J connectivity index is 1.38. The van der Waals surface area contributed by atoms with E-state index < -0.39 is 0 Å². The first-order valence-electron chi connectivity index (χ1n) is 9.77. The first-order chi connectivity index (χ1) is 14.1. The van der Waals surface area contributed by atoms with Crippen LogP contribution in [0.4, 0.5) is 0 Å². The average Bonchev–Trinajstić information content (AvgIpc) is 3.12. The number of hydrogen-bond acceptors (Lipinski definition) is 1. The quantitative estimate of drug-likeness (QED) is 0.427. The molecule has 1 amide bonds.